The fourth-order valence-electron chi connectivity index (χ4n) is 1.15. The van der Waals surface area contributed by atoms with Crippen LogP contribution in [0.5, 0.6) is 0 Å². The molecule has 15 heavy (non-hydrogen) atoms. The summed E-state index contributed by atoms with van der Waals surface area (Å²) in [6.07, 6.45) is 0. The van der Waals surface area contributed by atoms with Gasteiger partial charge in [0.05, 0.1) is 5.56 Å². The minimum Gasteiger partial charge on any atom is -0.478 e. The number of thiophene rings is 1. The van der Waals surface area contributed by atoms with Gasteiger partial charge in [0, 0.05) is 23.3 Å². The zero-order valence-corrected chi connectivity index (χ0v) is 10.1. The van der Waals surface area contributed by atoms with Crippen molar-refractivity contribution in [1.82, 2.24) is 5.32 Å². The molecule has 4 heteroatoms. The molecule has 2 N–H and O–H groups in total. The molecule has 0 spiro atoms. The van der Waals surface area contributed by atoms with Crippen LogP contribution in [0.1, 0.15) is 36.0 Å². The molecule has 1 aromatic heterocycles. The first-order chi connectivity index (χ1) is 6.88. The van der Waals surface area contributed by atoms with Crippen LogP contribution in [0, 0.1) is 5.41 Å². The molecule has 1 rings (SSSR count). The van der Waals surface area contributed by atoms with Gasteiger partial charge in [-0.3, -0.25) is 0 Å². The van der Waals surface area contributed by atoms with Crippen molar-refractivity contribution in [2.24, 2.45) is 5.41 Å². The summed E-state index contributed by atoms with van der Waals surface area (Å²) in [7, 11) is 0. The number of carboxylic acids is 1. The molecule has 0 saturated carbocycles. The van der Waals surface area contributed by atoms with E-state index in [4.69, 9.17) is 5.11 Å². The predicted molar refractivity (Wildman–Crippen MR) is 62.4 cm³/mol. The van der Waals surface area contributed by atoms with Gasteiger partial charge < -0.3 is 10.4 Å². The van der Waals surface area contributed by atoms with Crippen molar-refractivity contribution >= 4 is 17.3 Å². The molecule has 0 amide bonds. The molecule has 1 aromatic rings. The normalized spacial score (nSPS) is 11.7. The molecule has 0 unspecified atom stereocenters. The largest absolute Gasteiger partial charge is 0.478 e. The average Bonchev–Trinajstić information content (AvgIpc) is 2.50. The quantitative estimate of drug-likeness (QED) is 0.831. The van der Waals surface area contributed by atoms with Gasteiger partial charge in [0.1, 0.15) is 0 Å². The number of hydrogen-bond donors (Lipinski definition) is 2. The van der Waals surface area contributed by atoms with E-state index in [0.717, 1.165) is 18.0 Å². The van der Waals surface area contributed by atoms with E-state index in [2.05, 4.69) is 26.1 Å². The van der Waals surface area contributed by atoms with Gasteiger partial charge in [-0.15, -0.1) is 11.3 Å². The average molecular weight is 227 g/mol. The second-order valence-corrected chi connectivity index (χ2v) is 5.77. The van der Waals surface area contributed by atoms with Crippen LogP contribution in [0.15, 0.2) is 11.4 Å². The summed E-state index contributed by atoms with van der Waals surface area (Å²) in [5.41, 5.74) is 0.639. The molecule has 0 aliphatic heterocycles. The lowest BCUT2D eigenvalue weighted by atomic mass is 9.97. The zero-order valence-electron chi connectivity index (χ0n) is 9.33. The lowest BCUT2D eigenvalue weighted by Crippen LogP contribution is -2.26. The standard InChI is InChI=1S/C11H17NO2S/c1-11(2,3)7-12-5-9-4-8(6-15-9)10(13)14/h4,6,12H,5,7H2,1-3H3,(H,13,14). The predicted octanol–water partition coefficient (Wildman–Crippen LogP) is 2.58. The van der Waals surface area contributed by atoms with Crippen molar-refractivity contribution in [2.75, 3.05) is 6.54 Å². The fraction of sp³-hybridized carbons (Fsp3) is 0.545. The second-order valence-electron chi connectivity index (χ2n) is 4.77. The maximum atomic E-state index is 10.6. The van der Waals surface area contributed by atoms with E-state index in [-0.39, 0.29) is 5.41 Å². The smallest absolute Gasteiger partial charge is 0.336 e. The third-order valence-corrected chi connectivity index (χ3v) is 2.79. The summed E-state index contributed by atoms with van der Waals surface area (Å²) in [5, 5.41) is 13.7. The Bertz CT molecular complexity index is 339. The lowest BCUT2D eigenvalue weighted by Gasteiger charge is -2.18. The number of rotatable bonds is 4. The first-order valence-corrected chi connectivity index (χ1v) is 5.78. The molecule has 3 nitrogen and oxygen atoms in total. The van der Waals surface area contributed by atoms with Crippen LogP contribution in [-0.2, 0) is 6.54 Å². The third-order valence-electron chi connectivity index (χ3n) is 1.86. The molecular weight excluding hydrogens is 210 g/mol. The van der Waals surface area contributed by atoms with Gasteiger partial charge in [-0.25, -0.2) is 4.79 Å². The Kier molecular flexibility index (Phi) is 3.88. The van der Waals surface area contributed by atoms with E-state index in [0.29, 0.717) is 5.56 Å². The van der Waals surface area contributed by atoms with Crippen LogP contribution in [0.25, 0.3) is 0 Å². The summed E-state index contributed by atoms with van der Waals surface area (Å²) in [5.74, 6) is -0.853. The number of carbonyl (C=O) groups is 1. The van der Waals surface area contributed by atoms with E-state index >= 15 is 0 Å². The van der Waals surface area contributed by atoms with Crippen molar-refractivity contribution in [3.8, 4) is 0 Å². The van der Waals surface area contributed by atoms with Crippen LogP contribution in [0.3, 0.4) is 0 Å². The Hall–Kier alpha value is -0.870. The SMILES string of the molecule is CC(C)(C)CNCc1cc(C(=O)O)cs1. The minimum absolute atomic E-state index is 0.257. The van der Waals surface area contributed by atoms with Crippen molar-refractivity contribution < 1.29 is 9.90 Å². The van der Waals surface area contributed by atoms with Gasteiger partial charge in [0.15, 0.2) is 0 Å². The number of carboxylic acid groups (broad SMARTS) is 1. The Labute approximate surface area is 94.1 Å². The molecule has 1 heterocycles. The first kappa shape index (κ1) is 12.2. The molecule has 0 atom stereocenters. The highest BCUT2D eigenvalue weighted by Gasteiger charge is 2.10. The maximum Gasteiger partial charge on any atom is 0.336 e. The van der Waals surface area contributed by atoms with Gasteiger partial charge in [-0.05, 0) is 11.5 Å². The lowest BCUT2D eigenvalue weighted by molar-refractivity contribution is 0.0697. The summed E-state index contributed by atoms with van der Waals surface area (Å²) in [6.45, 7) is 8.16. The van der Waals surface area contributed by atoms with Crippen molar-refractivity contribution in [3.05, 3.63) is 21.9 Å². The van der Waals surface area contributed by atoms with E-state index in [1.165, 1.54) is 11.3 Å². The van der Waals surface area contributed by atoms with Gasteiger partial charge in [0.25, 0.3) is 0 Å². The van der Waals surface area contributed by atoms with E-state index in [1.54, 1.807) is 11.4 Å². The summed E-state index contributed by atoms with van der Waals surface area (Å²) < 4.78 is 0. The molecule has 0 fully saturated rings. The van der Waals surface area contributed by atoms with Crippen LogP contribution >= 0.6 is 11.3 Å². The summed E-state index contributed by atoms with van der Waals surface area (Å²) in [4.78, 5) is 11.7. The monoisotopic (exact) mass is 227 g/mol. The van der Waals surface area contributed by atoms with Crippen LogP contribution in [0.2, 0.25) is 0 Å². The minimum atomic E-state index is -0.853. The Morgan fingerprint density at radius 3 is 2.67 bits per heavy atom. The molecular formula is C11H17NO2S. The molecule has 0 saturated heterocycles. The topological polar surface area (TPSA) is 49.3 Å². The number of hydrogen-bond acceptors (Lipinski definition) is 3. The van der Waals surface area contributed by atoms with Crippen molar-refractivity contribution in [3.63, 3.8) is 0 Å². The molecule has 0 radical (unpaired) electrons. The van der Waals surface area contributed by atoms with Gasteiger partial charge in [-0.1, -0.05) is 20.8 Å². The van der Waals surface area contributed by atoms with Crippen LogP contribution < -0.4 is 5.32 Å². The van der Waals surface area contributed by atoms with Crippen molar-refractivity contribution in [1.29, 1.82) is 0 Å². The van der Waals surface area contributed by atoms with Crippen LogP contribution in [-0.4, -0.2) is 17.6 Å². The van der Waals surface area contributed by atoms with Crippen molar-refractivity contribution in [2.45, 2.75) is 27.3 Å². The third kappa shape index (κ3) is 4.44. The summed E-state index contributed by atoms with van der Waals surface area (Å²) >= 11 is 1.49. The molecule has 84 valence electrons. The van der Waals surface area contributed by atoms with E-state index in [9.17, 15) is 4.79 Å². The van der Waals surface area contributed by atoms with Crippen LogP contribution in [0.4, 0.5) is 0 Å². The molecule has 0 aliphatic rings. The highest BCUT2D eigenvalue weighted by molar-refractivity contribution is 7.10. The fourth-order valence-corrected chi connectivity index (χ4v) is 1.97. The highest BCUT2D eigenvalue weighted by Crippen LogP contribution is 2.15. The van der Waals surface area contributed by atoms with E-state index < -0.39 is 5.97 Å². The Morgan fingerprint density at radius 1 is 1.53 bits per heavy atom. The Balaban J connectivity index is 2.41. The highest BCUT2D eigenvalue weighted by atomic mass is 32.1. The number of aromatic carboxylic acids is 1. The molecule has 0 aromatic carbocycles. The van der Waals surface area contributed by atoms with Gasteiger partial charge >= 0.3 is 5.97 Å². The van der Waals surface area contributed by atoms with Gasteiger partial charge in [-0.2, -0.15) is 0 Å². The van der Waals surface area contributed by atoms with E-state index in [1.807, 2.05) is 0 Å². The number of nitrogens with one attached hydrogen (secondary N) is 1. The zero-order chi connectivity index (χ0) is 11.5. The first-order valence-electron chi connectivity index (χ1n) is 4.90. The second kappa shape index (κ2) is 4.77. The summed E-state index contributed by atoms with van der Waals surface area (Å²) in [6, 6.07) is 1.72. The van der Waals surface area contributed by atoms with Gasteiger partial charge in [0.2, 0.25) is 0 Å². The molecule has 0 aliphatic carbocycles. The maximum absolute atomic E-state index is 10.6. The Morgan fingerprint density at radius 2 is 2.20 bits per heavy atom. The molecule has 0 bridgehead atoms.